The average Bonchev–Trinajstić information content (AvgIpc) is 2.81. The van der Waals surface area contributed by atoms with E-state index in [-0.39, 0.29) is 11.7 Å². The molecule has 0 fully saturated rings. The number of benzene rings is 1. The van der Waals surface area contributed by atoms with Crippen LogP contribution in [0.1, 0.15) is 23.0 Å². The van der Waals surface area contributed by atoms with Gasteiger partial charge in [-0.15, -0.1) is 0 Å². The third-order valence-corrected chi connectivity index (χ3v) is 2.86. The number of phenols is 1. The van der Waals surface area contributed by atoms with Crippen molar-refractivity contribution < 1.29 is 9.90 Å². The van der Waals surface area contributed by atoms with Crippen molar-refractivity contribution in [3.05, 3.63) is 47.8 Å². The Balaban J connectivity index is 2.21. The molecule has 0 aliphatic rings. The van der Waals surface area contributed by atoms with E-state index in [0.717, 1.165) is 12.1 Å². The fourth-order valence-electron chi connectivity index (χ4n) is 1.87. The van der Waals surface area contributed by atoms with Crippen LogP contribution in [0.4, 0.5) is 5.69 Å². The average molecular weight is 244 g/mol. The molecule has 0 atom stereocenters. The van der Waals surface area contributed by atoms with E-state index in [1.54, 1.807) is 24.3 Å². The number of carbonyl (C=O) groups is 1. The maximum atomic E-state index is 12.1. The summed E-state index contributed by atoms with van der Waals surface area (Å²) in [7, 11) is 0. The van der Waals surface area contributed by atoms with Crippen LogP contribution in [0, 0.1) is 6.92 Å². The molecule has 18 heavy (non-hydrogen) atoms. The third kappa shape index (κ3) is 2.37. The van der Waals surface area contributed by atoms with E-state index in [1.807, 2.05) is 30.7 Å². The van der Waals surface area contributed by atoms with Crippen molar-refractivity contribution in [3.63, 3.8) is 0 Å². The highest BCUT2D eigenvalue weighted by molar-refractivity contribution is 6.03. The maximum Gasteiger partial charge on any atom is 0.272 e. The minimum Gasteiger partial charge on any atom is -0.508 e. The van der Waals surface area contributed by atoms with Crippen molar-refractivity contribution in [2.75, 3.05) is 5.32 Å². The van der Waals surface area contributed by atoms with Crippen LogP contribution in [-0.4, -0.2) is 15.6 Å². The molecular formula is C14H16N2O2. The van der Waals surface area contributed by atoms with E-state index in [9.17, 15) is 9.90 Å². The third-order valence-electron chi connectivity index (χ3n) is 2.86. The highest BCUT2D eigenvalue weighted by atomic mass is 16.3. The van der Waals surface area contributed by atoms with Crippen molar-refractivity contribution >= 4 is 11.6 Å². The molecule has 0 aliphatic carbocycles. The monoisotopic (exact) mass is 244 g/mol. The number of amides is 1. The zero-order chi connectivity index (χ0) is 13.1. The Hall–Kier alpha value is -2.23. The lowest BCUT2D eigenvalue weighted by Crippen LogP contribution is -2.16. The van der Waals surface area contributed by atoms with Crippen LogP contribution in [0.15, 0.2) is 36.5 Å². The number of anilines is 1. The van der Waals surface area contributed by atoms with Crippen LogP contribution in [0.3, 0.4) is 0 Å². The van der Waals surface area contributed by atoms with Crippen LogP contribution in [0.2, 0.25) is 0 Å². The van der Waals surface area contributed by atoms with Gasteiger partial charge in [0.05, 0.1) is 0 Å². The highest BCUT2D eigenvalue weighted by Crippen LogP contribution is 2.20. The number of aromatic hydroxyl groups is 1. The van der Waals surface area contributed by atoms with Gasteiger partial charge in [-0.2, -0.15) is 0 Å². The van der Waals surface area contributed by atoms with E-state index < -0.39 is 0 Å². The molecule has 4 heteroatoms. The molecule has 2 rings (SSSR count). The minimum atomic E-state index is -0.143. The second kappa shape index (κ2) is 4.96. The van der Waals surface area contributed by atoms with Gasteiger partial charge in [0.25, 0.3) is 5.91 Å². The first-order valence-corrected chi connectivity index (χ1v) is 5.88. The van der Waals surface area contributed by atoms with Crippen LogP contribution >= 0.6 is 0 Å². The van der Waals surface area contributed by atoms with Gasteiger partial charge in [0.15, 0.2) is 0 Å². The molecule has 1 heterocycles. The van der Waals surface area contributed by atoms with Crippen molar-refractivity contribution in [2.24, 2.45) is 0 Å². The summed E-state index contributed by atoms with van der Waals surface area (Å²) in [5, 5.41) is 12.2. The van der Waals surface area contributed by atoms with Crippen LogP contribution < -0.4 is 5.32 Å². The maximum absolute atomic E-state index is 12.1. The van der Waals surface area contributed by atoms with Crippen LogP contribution in [0.5, 0.6) is 5.75 Å². The normalized spacial score (nSPS) is 10.3. The van der Waals surface area contributed by atoms with Gasteiger partial charge >= 0.3 is 0 Å². The summed E-state index contributed by atoms with van der Waals surface area (Å²) >= 11 is 0. The Morgan fingerprint density at radius 2 is 2.17 bits per heavy atom. The summed E-state index contributed by atoms with van der Waals surface area (Å²) < 4.78 is 1.88. The van der Waals surface area contributed by atoms with Gasteiger partial charge < -0.3 is 15.0 Å². The molecule has 1 aromatic carbocycles. The lowest BCUT2D eigenvalue weighted by molar-refractivity contribution is 0.101. The molecular weight excluding hydrogens is 228 g/mol. The summed E-state index contributed by atoms with van der Waals surface area (Å²) in [4.78, 5) is 12.1. The fourth-order valence-corrected chi connectivity index (χ4v) is 1.87. The Morgan fingerprint density at radius 3 is 2.83 bits per heavy atom. The van der Waals surface area contributed by atoms with Gasteiger partial charge in [0.1, 0.15) is 11.4 Å². The quantitative estimate of drug-likeness (QED) is 0.816. The van der Waals surface area contributed by atoms with Gasteiger partial charge in [0.2, 0.25) is 0 Å². The second-order valence-corrected chi connectivity index (χ2v) is 4.13. The Bertz CT molecular complexity index is 573. The first kappa shape index (κ1) is 12.2. The lowest BCUT2D eigenvalue weighted by Gasteiger charge is -2.10. The summed E-state index contributed by atoms with van der Waals surface area (Å²) in [6, 6.07) is 8.51. The standard InChI is InChI=1S/C14H16N2O2/c1-3-16-8-4-5-13(16)14(18)15-12-7-6-11(17)9-10(12)2/h4-9,17H,3H2,1-2H3,(H,15,18). The van der Waals surface area contributed by atoms with Crippen molar-refractivity contribution in [3.8, 4) is 5.75 Å². The number of hydrogen-bond acceptors (Lipinski definition) is 2. The predicted molar refractivity (Wildman–Crippen MR) is 70.9 cm³/mol. The van der Waals surface area contributed by atoms with Crippen LogP contribution in [-0.2, 0) is 6.54 Å². The molecule has 2 N–H and O–H groups in total. The number of carbonyl (C=O) groups excluding carboxylic acids is 1. The van der Waals surface area contributed by atoms with Gasteiger partial charge in [-0.3, -0.25) is 4.79 Å². The molecule has 2 aromatic rings. The summed E-state index contributed by atoms with van der Waals surface area (Å²) in [6.07, 6.45) is 1.87. The largest absolute Gasteiger partial charge is 0.508 e. The van der Waals surface area contributed by atoms with E-state index >= 15 is 0 Å². The number of aromatic nitrogens is 1. The fraction of sp³-hybridized carbons (Fsp3) is 0.214. The van der Waals surface area contributed by atoms with Gasteiger partial charge in [-0.25, -0.2) is 0 Å². The lowest BCUT2D eigenvalue weighted by atomic mass is 10.2. The Kier molecular flexibility index (Phi) is 3.37. The van der Waals surface area contributed by atoms with Gasteiger partial charge in [0, 0.05) is 18.4 Å². The smallest absolute Gasteiger partial charge is 0.272 e. The van der Waals surface area contributed by atoms with E-state index in [4.69, 9.17) is 0 Å². The van der Waals surface area contributed by atoms with E-state index in [2.05, 4.69) is 5.32 Å². The van der Waals surface area contributed by atoms with Crippen molar-refractivity contribution in [2.45, 2.75) is 20.4 Å². The molecule has 0 aliphatic heterocycles. The molecule has 1 amide bonds. The van der Waals surface area contributed by atoms with Crippen molar-refractivity contribution in [1.82, 2.24) is 4.57 Å². The van der Waals surface area contributed by atoms with Gasteiger partial charge in [-0.1, -0.05) is 0 Å². The molecule has 0 spiro atoms. The number of nitrogens with one attached hydrogen (secondary N) is 1. The first-order chi connectivity index (χ1) is 8.61. The molecule has 1 aromatic heterocycles. The zero-order valence-electron chi connectivity index (χ0n) is 10.5. The first-order valence-electron chi connectivity index (χ1n) is 5.88. The number of nitrogens with zero attached hydrogens (tertiary/aromatic N) is 1. The Labute approximate surface area is 106 Å². The number of hydrogen-bond donors (Lipinski definition) is 2. The molecule has 0 saturated heterocycles. The molecule has 0 bridgehead atoms. The summed E-state index contributed by atoms with van der Waals surface area (Å²) in [5.41, 5.74) is 2.17. The summed E-state index contributed by atoms with van der Waals surface area (Å²) in [6.45, 7) is 4.58. The molecule has 0 saturated carbocycles. The SMILES string of the molecule is CCn1cccc1C(=O)Nc1ccc(O)cc1C. The predicted octanol–water partition coefficient (Wildman–Crippen LogP) is 2.77. The minimum absolute atomic E-state index is 0.143. The molecule has 0 unspecified atom stereocenters. The van der Waals surface area contributed by atoms with E-state index in [0.29, 0.717) is 11.4 Å². The summed E-state index contributed by atoms with van der Waals surface area (Å²) in [5.74, 6) is 0.0538. The number of phenolic OH excluding ortho intramolecular Hbond substituents is 1. The molecule has 4 nitrogen and oxygen atoms in total. The molecule has 94 valence electrons. The second-order valence-electron chi connectivity index (χ2n) is 4.13. The number of rotatable bonds is 3. The van der Waals surface area contributed by atoms with Crippen LogP contribution in [0.25, 0.3) is 0 Å². The van der Waals surface area contributed by atoms with Gasteiger partial charge in [-0.05, 0) is 49.7 Å². The Morgan fingerprint density at radius 1 is 1.39 bits per heavy atom. The van der Waals surface area contributed by atoms with E-state index in [1.165, 1.54) is 0 Å². The molecule has 0 radical (unpaired) electrons. The number of aryl methyl sites for hydroxylation is 2. The van der Waals surface area contributed by atoms with Crippen molar-refractivity contribution in [1.29, 1.82) is 0 Å². The highest BCUT2D eigenvalue weighted by Gasteiger charge is 2.11. The topological polar surface area (TPSA) is 54.3 Å². The zero-order valence-corrected chi connectivity index (χ0v) is 10.5.